The fraction of sp³-hybridized carbons (Fsp3) is 0.150. The van der Waals surface area contributed by atoms with Crippen molar-refractivity contribution in [1.82, 2.24) is 10.4 Å². The Hall–Kier alpha value is -3.39. The van der Waals surface area contributed by atoms with Crippen LogP contribution in [-0.4, -0.2) is 37.4 Å². The van der Waals surface area contributed by atoms with Crippen LogP contribution in [0.15, 0.2) is 60.2 Å². The third-order valence-electron chi connectivity index (χ3n) is 3.64. The van der Waals surface area contributed by atoms with E-state index >= 15 is 0 Å². The zero-order valence-corrected chi connectivity index (χ0v) is 16.2. The molecule has 0 radical (unpaired) electrons. The maximum absolute atomic E-state index is 12.0. The molecule has 0 aliphatic carbocycles. The van der Waals surface area contributed by atoms with Gasteiger partial charge in [0.25, 0.3) is 5.91 Å². The number of rotatable bonds is 9. The smallest absolute Gasteiger partial charge is 0.259 e. The minimum Gasteiger partial charge on any atom is -0.493 e. The van der Waals surface area contributed by atoms with Crippen molar-refractivity contribution in [2.24, 2.45) is 5.10 Å². The molecule has 0 spiro atoms. The maximum Gasteiger partial charge on any atom is 0.259 e. The summed E-state index contributed by atoms with van der Waals surface area (Å²) in [4.78, 5) is 16.4. The van der Waals surface area contributed by atoms with E-state index in [1.807, 2.05) is 30.3 Å². The Balaban J connectivity index is 1.52. The van der Waals surface area contributed by atoms with E-state index in [4.69, 9.17) is 9.47 Å². The van der Waals surface area contributed by atoms with Crippen molar-refractivity contribution in [3.63, 3.8) is 0 Å². The summed E-state index contributed by atoms with van der Waals surface area (Å²) in [6, 6.07) is 13.2. The molecule has 3 aromatic rings. The first-order valence-electron chi connectivity index (χ1n) is 8.52. The highest BCUT2D eigenvalue weighted by atomic mass is 32.1. The van der Waals surface area contributed by atoms with Crippen molar-refractivity contribution in [2.45, 2.75) is 0 Å². The largest absolute Gasteiger partial charge is 0.493 e. The number of carbonyl (C=O) groups is 1. The normalized spacial score (nSPS) is 10.8. The van der Waals surface area contributed by atoms with E-state index in [0.717, 1.165) is 15.8 Å². The topological polar surface area (TPSA) is 84.8 Å². The van der Waals surface area contributed by atoms with Crippen molar-refractivity contribution in [3.8, 4) is 11.5 Å². The molecule has 8 heteroatoms. The van der Waals surface area contributed by atoms with Gasteiger partial charge in [-0.1, -0.05) is 36.1 Å². The van der Waals surface area contributed by atoms with E-state index in [2.05, 4.69) is 27.4 Å². The molecule has 3 rings (SSSR count). The zero-order chi connectivity index (χ0) is 19.8. The van der Waals surface area contributed by atoms with Crippen LogP contribution in [0.1, 0.15) is 5.56 Å². The minimum absolute atomic E-state index is 0.0782. The van der Waals surface area contributed by atoms with Crippen LogP contribution in [0.4, 0.5) is 5.13 Å². The summed E-state index contributed by atoms with van der Waals surface area (Å²) < 4.78 is 11.9. The number of carbonyl (C=O) groups excluding carboxylic acids is 1. The molecule has 1 heterocycles. The second-order valence-electron chi connectivity index (χ2n) is 5.64. The van der Waals surface area contributed by atoms with Crippen molar-refractivity contribution >= 4 is 38.8 Å². The van der Waals surface area contributed by atoms with Crippen LogP contribution in [0.3, 0.4) is 0 Å². The second-order valence-corrected chi connectivity index (χ2v) is 6.67. The summed E-state index contributed by atoms with van der Waals surface area (Å²) in [5, 5.41) is 7.67. The van der Waals surface area contributed by atoms with Crippen LogP contribution < -0.4 is 20.2 Å². The van der Waals surface area contributed by atoms with E-state index < -0.39 is 0 Å². The summed E-state index contributed by atoms with van der Waals surface area (Å²) in [7, 11) is 1.56. The number of thiazole rings is 1. The Morgan fingerprint density at radius 2 is 2.14 bits per heavy atom. The first kappa shape index (κ1) is 19.4. The Kier molecular flexibility index (Phi) is 6.59. The Labute approximate surface area is 166 Å². The molecule has 0 saturated heterocycles. The fourth-order valence-electron chi connectivity index (χ4n) is 2.35. The number of fused-ring (bicyclic) bond motifs is 1. The van der Waals surface area contributed by atoms with Gasteiger partial charge in [0, 0.05) is 0 Å². The maximum atomic E-state index is 12.0. The Morgan fingerprint density at radius 3 is 2.93 bits per heavy atom. The predicted molar refractivity (Wildman–Crippen MR) is 113 cm³/mol. The van der Waals surface area contributed by atoms with Gasteiger partial charge >= 0.3 is 0 Å². The highest BCUT2D eigenvalue weighted by Gasteiger charge is 2.06. The zero-order valence-electron chi connectivity index (χ0n) is 15.3. The van der Waals surface area contributed by atoms with Gasteiger partial charge < -0.3 is 14.8 Å². The number of methoxy groups -OCH3 is 1. The first-order chi connectivity index (χ1) is 13.7. The number of hydrazone groups is 1. The van der Waals surface area contributed by atoms with Gasteiger partial charge in [-0.2, -0.15) is 5.10 Å². The number of ether oxygens (including phenoxy) is 2. The third-order valence-corrected chi connectivity index (χ3v) is 4.64. The molecule has 0 aliphatic rings. The van der Waals surface area contributed by atoms with Crippen molar-refractivity contribution in [3.05, 3.63) is 60.7 Å². The molecule has 1 amide bonds. The van der Waals surface area contributed by atoms with Gasteiger partial charge in [-0.25, -0.2) is 10.4 Å². The number of hydrogen-bond acceptors (Lipinski definition) is 7. The number of nitrogens with one attached hydrogen (secondary N) is 2. The average Bonchev–Trinajstić information content (AvgIpc) is 3.14. The molecule has 0 unspecified atom stereocenters. The Bertz CT molecular complexity index is 967. The van der Waals surface area contributed by atoms with Crippen molar-refractivity contribution < 1.29 is 14.3 Å². The van der Waals surface area contributed by atoms with E-state index in [-0.39, 0.29) is 12.5 Å². The summed E-state index contributed by atoms with van der Waals surface area (Å²) in [6.07, 6.45) is 3.20. The molecule has 144 valence electrons. The lowest BCUT2D eigenvalue weighted by atomic mass is 10.2. The second kappa shape index (κ2) is 9.52. The molecule has 0 fully saturated rings. The molecule has 7 nitrogen and oxygen atoms in total. The average molecular weight is 396 g/mol. The summed E-state index contributed by atoms with van der Waals surface area (Å²) >= 11 is 1.50. The molecule has 1 aromatic heterocycles. The lowest BCUT2D eigenvalue weighted by Crippen LogP contribution is -2.25. The molecule has 0 saturated carbocycles. The number of amides is 1. The number of para-hydroxylation sites is 1. The molecule has 2 aromatic carbocycles. The van der Waals surface area contributed by atoms with Gasteiger partial charge in [0.15, 0.2) is 16.6 Å². The van der Waals surface area contributed by atoms with Gasteiger partial charge in [0.05, 0.1) is 30.1 Å². The van der Waals surface area contributed by atoms with Gasteiger partial charge in [-0.3, -0.25) is 4.79 Å². The minimum atomic E-state index is -0.270. The van der Waals surface area contributed by atoms with E-state index in [9.17, 15) is 4.79 Å². The van der Waals surface area contributed by atoms with Crippen LogP contribution in [0.25, 0.3) is 10.2 Å². The summed E-state index contributed by atoms with van der Waals surface area (Å²) in [5.41, 5.74) is 4.15. The lowest BCUT2D eigenvalue weighted by molar-refractivity contribution is -0.119. The van der Waals surface area contributed by atoms with Crippen molar-refractivity contribution in [2.75, 3.05) is 25.6 Å². The molecule has 0 aliphatic heterocycles. The molecule has 0 bridgehead atoms. The number of hydrogen-bond donors (Lipinski definition) is 2. The predicted octanol–water partition coefficient (Wildman–Crippen LogP) is 3.43. The molecular formula is C20H20N4O3S. The van der Waals surface area contributed by atoms with Gasteiger partial charge in [-0.05, 0) is 35.9 Å². The lowest BCUT2D eigenvalue weighted by Gasteiger charge is -2.09. The van der Waals surface area contributed by atoms with Gasteiger partial charge in [-0.15, -0.1) is 0 Å². The fourth-order valence-corrected chi connectivity index (χ4v) is 3.22. The number of nitrogens with zero attached hydrogens (tertiary/aromatic N) is 2. The van der Waals surface area contributed by atoms with Gasteiger partial charge in [0.2, 0.25) is 0 Å². The summed E-state index contributed by atoms with van der Waals surface area (Å²) in [5.74, 6) is 0.923. The van der Waals surface area contributed by atoms with E-state index in [0.29, 0.717) is 23.2 Å². The molecule has 28 heavy (non-hydrogen) atoms. The van der Waals surface area contributed by atoms with Gasteiger partial charge in [0.1, 0.15) is 6.61 Å². The number of anilines is 1. The summed E-state index contributed by atoms with van der Waals surface area (Å²) in [6.45, 7) is 4.08. The van der Waals surface area contributed by atoms with Crippen LogP contribution in [0.2, 0.25) is 0 Å². The van der Waals surface area contributed by atoms with Crippen LogP contribution >= 0.6 is 11.3 Å². The van der Waals surface area contributed by atoms with Crippen molar-refractivity contribution in [1.29, 1.82) is 0 Å². The van der Waals surface area contributed by atoms with Crippen LogP contribution in [0.5, 0.6) is 11.5 Å². The number of aromatic nitrogens is 1. The van der Waals surface area contributed by atoms with Crippen LogP contribution in [-0.2, 0) is 4.79 Å². The molecular weight excluding hydrogens is 376 g/mol. The monoisotopic (exact) mass is 396 g/mol. The number of benzene rings is 2. The Morgan fingerprint density at radius 1 is 1.29 bits per heavy atom. The standard InChI is InChI=1S/C20H20N4O3S/c1-3-10-27-16-9-8-14(11-17(16)26-2)12-22-24-19(25)13-21-20-23-15-6-4-5-7-18(15)28-20/h3-9,11-12H,1,10,13H2,2H3,(H,21,23)(H,24,25)/b22-12-. The molecule has 0 atom stereocenters. The third kappa shape index (κ3) is 5.08. The SMILES string of the molecule is C=CCOc1ccc(/C=N\NC(=O)CNc2nc3ccccc3s2)cc1OC. The van der Waals surface area contributed by atoms with E-state index in [1.54, 1.807) is 25.3 Å². The highest BCUT2D eigenvalue weighted by molar-refractivity contribution is 7.22. The van der Waals surface area contributed by atoms with E-state index in [1.165, 1.54) is 17.6 Å². The quantitative estimate of drug-likeness (QED) is 0.329. The molecule has 2 N–H and O–H groups in total. The van der Waals surface area contributed by atoms with Crippen LogP contribution in [0, 0.1) is 0 Å². The first-order valence-corrected chi connectivity index (χ1v) is 9.34. The highest BCUT2D eigenvalue weighted by Crippen LogP contribution is 2.27.